The van der Waals surface area contributed by atoms with Crippen LogP contribution in [0.15, 0.2) is 0 Å². The molecule has 0 N–H and O–H groups in total. The predicted molar refractivity (Wildman–Crippen MR) is 15.7 cm³/mol. The molecule has 0 saturated carbocycles. The van der Waals surface area contributed by atoms with Crippen molar-refractivity contribution in [1.82, 2.24) is 0 Å². The topological polar surface area (TPSA) is 0 Å². The summed E-state index contributed by atoms with van der Waals surface area (Å²) in [6, 6.07) is 0. The van der Waals surface area contributed by atoms with Crippen molar-refractivity contribution in [3.05, 3.63) is 0 Å². The Kier molecular flexibility index (Phi) is 10.3. The molecule has 0 unspecified atom stereocenters. The maximum absolute atomic E-state index is 9.67. The summed E-state index contributed by atoms with van der Waals surface area (Å²) in [5, 5.41) is 0. The number of alkyl halides is 3. The van der Waals surface area contributed by atoms with Crippen molar-refractivity contribution in [3.8, 4) is 0 Å². The zero-order valence-corrected chi connectivity index (χ0v) is 1.71. The standard InChI is InChI=1S/CHF3.Ba.2H/c2-1(3)4;;;/h1H;;;. The first-order valence-electron chi connectivity index (χ1n) is 0.655. The van der Waals surface area contributed by atoms with Crippen LogP contribution in [0.5, 0.6) is 0 Å². The average molecular weight is 209 g/mol. The molecule has 0 rings (SSSR count). The molecule has 30 valence electrons. The second-order valence-corrected chi connectivity index (χ2v) is 0.247. The van der Waals surface area contributed by atoms with Crippen LogP contribution in [0.25, 0.3) is 0 Å². The molecule has 0 nitrogen and oxygen atoms in total. The summed E-state index contributed by atoms with van der Waals surface area (Å²) in [4.78, 5) is 0. The zero-order valence-electron chi connectivity index (χ0n) is 1.71. The molecule has 0 aromatic rings. The van der Waals surface area contributed by atoms with E-state index in [9.17, 15) is 13.2 Å². The third kappa shape index (κ3) is 32.7. The van der Waals surface area contributed by atoms with Gasteiger partial charge in [-0.2, -0.15) is 13.2 Å². The van der Waals surface area contributed by atoms with Crippen molar-refractivity contribution in [1.29, 1.82) is 0 Å². The van der Waals surface area contributed by atoms with Crippen LogP contribution in [-0.2, 0) is 0 Å². The van der Waals surface area contributed by atoms with Gasteiger partial charge in [-0.15, -0.1) is 0 Å². The maximum atomic E-state index is 9.67. The molecule has 0 aromatic heterocycles. The number of hydrogen-bond acceptors (Lipinski definition) is 0. The molecular weight excluding hydrogens is 206 g/mol. The van der Waals surface area contributed by atoms with Gasteiger partial charge in [0.2, 0.25) is 0 Å². The van der Waals surface area contributed by atoms with Gasteiger partial charge < -0.3 is 0 Å². The van der Waals surface area contributed by atoms with Crippen LogP contribution in [0.1, 0.15) is 0 Å². The predicted octanol–water partition coefficient (Wildman–Crippen LogP) is 0.262. The number of rotatable bonds is 0. The normalized spacial score (nSPS) is 7.20. The van der Waals surface area contributed by atoms with Gasteiger partial charge in [-0.25, -0.2) is 0 Å². The van der Waals surface area contributed by atoms with Gasteiger partial charge in [-0.1, -0.05) is 0 Å². The monoisotopic (exact) mass is 210 g/mol. The van der Waals surface area contributed by atoms with Crippen LogP contribution in [0.3, 0.4) is 0 Å². The molecule has 0 saturated heterocycles. The molecule has 4 heteroatoms. The van der Waals surface area contributed by atoms with Crippen molar-refractivity contribution in [2.45, 2.75) is 6.68 Å². The van der Waals surface area contributed by atoms with Gasteiger partial charge in [0.15, 0.2) is 0 Å². The summed E-state index contributed by atoms with van der Waals surface area (Å²) < 4.78 is 29.0. The summed E-state index contributed by atoms with van der Waals surface area (Å²) in [5.74, 6) is 0. The van der Waals surface area contributed by atoms with Crippen LogP contribution in [0.2, 0.25) is 0 Å². The van der Waals surface area contributed by atoms with Crippen LogP contribution in [0, 0.1) is 0 Å². The Morgan fingerprint density at radius 3 is 1.00 bits per heavy atom. The van der Waals surface area contributed by atoms with E-state index in [2.05, 4.69) is 0 Å². The number of halogens is 3. The average Bonchev–Trinajstić information content (AvgIpc) is 0.811. The minimum absolute atomic E-state index is 0. The molecule has 0 fully saturated rings. The van der Waals surface area contributed by atoms with Crippen molar-refractivity contribution < 1.29 is 13.2 Å². The summed E-state index contributed by atoms with van der Waals surface area (Å²) in [6.07, 6.45) is 0. The Morgan fingerprint density at radius 1 is 1.00 bits per heavy atom. The van der Waals surface area contributed by atoms with E-state index < -0.39 is 6.68 Å². The summed E-state index contributed by atoms with van der Waals surface area (Å²) >= 11 is 0. The Hall–Kier alpha value is 1.36. The van der Waals surface area contributed by atoms with Crippen LogP contribution >= 0.6 is 0 Å². The fourth-order valence-electron chi connectivity index (χ4n) is 0. The Labute approximate surface area is 67.8 Å². The molecule has 0 aliphatic heterocycles. The second kappa shape index (κ2) is 5.36. The summed E-state index contributed by atoms with van der Waals surface area (Å²) in [5.41, 5.74) is 0. The molecule has 0 aromatic carbocycles. The third-order valence-corrected chi connectivity index (χ3v) is 0. The van der Waals surface area contributed by atoms with Gasteiger partial charge in [0.05, 0.1) is 0 Å². The van der Waals surface area contributed by atoms with Crippen molar-refractivity contribution in [2.75, 3.05) is 0 Å². The Bertz CT molecular complexity index is 11.6. The van der Waals surface area contributed by atoms with E-state index >= 15 is 0 Å². The van der Waals surface area contributed by atoms with E-state index in [1.807, 2.05) is 0 Å². The van der Waals surface area contributed by atoms with Crippen molar-refractivity contribution in [3.63, 3.8) is 0 Å². The van der Waals surface area contributed by atoms with E-state index in [1.54, 1.807) is 0 Å². The molecule has 0 aliphatic carbocycles. The quantitative estimate of drug-likeness (QED) is 0.502. The van der Waals surface area contributed by atoms with Gasteiger partial charge in [0.1, 0.15) is 0 Å². The van der Waals surface area contributed by atoms with Crippen LogP contribution in [-0.4, -0.2) is 55.6 Å². The molecular formula is CH3BaF3. The Balaban J connectivity index is 0. The minimum atomic E-state index is -3.67. The van der Waals surface area contributed by atoms with E-state index in [0.29, 0.717) is 0 Å². The SMILES string of the molecule is FC(F)F.[BaH2]. The molecule has 5 heavy (non-hydrogen) atoms. The first-order chi connectivity index (χ1) is 1.73. The van der Waals surface area contributed by atoms with Gasteiger partial charge in [-0.05, 0) is 0 Å². The zero-order chi connectivity index (χ0) is 3.58. The molecule has 0 aliphatic rings. The van der Waals surface area contributed by atoms with E-state index in [0.717, 1.165) is 0 Å². The Morgan fingerprint density at radius 2 is 1.00 bits per heavy atom. The summed E-state index contributed by atoms with van der Waals surface area (Å²) in [6.45, 7) is -3.67. The fourth-order valence-corrected chi connectivity index (χ4v) is 0. The third-order valence-electron chi connectivity index (χ3n) is 0. The molecule has 0 atom stereocenters. The van der Waals surface area contributed by atoms with Gasteiger partial charge in [0.25, 0.3) is 0 Å². The second-order valence-electron chi connectivity index (χ2n) is 0.247. The molecule has 0 spiro atoms. The van der Waals surface area contributed by atoms with Crippen molar-refractivity contribution in [2.24, 2.45) is 0 Å². The van der Waals surface area contributed by atoms with Gasteiger partial charge in [-0.3, -0.25) is 0 Å². The fraction of sp³-hybridized carbons (Fsp3) is 1.00. The molecule has 0 bridgehead atoms. The molecule has 0 amide bonds. The van der Waals surface area contributed by atoms with Gasteiger partial charge >= 0.3 is 55.6 Å². The van der Waals surface area contributed by atoms with Crippen LogP contribution < -0.4 is 0 Å². The summed E-state index contributed by atoms with van der Waals surface area (Å²) in [7, 11) is 0. The van der Waals surface area contributed by atoms with E-state index in [-0.39, 0.29) is 48.9 Å². The molecule has 0 radical (unpaired) electrons. The first kappa shape index (κ1) is 9.61. The van der Waals surface area contributed by atoms with E-state index in [4.69, 9.17) is 0 Å². The van der Waals surface area contributed by atoms with Crippen molar-refractivity contribution >= 4 is 48.9 Å². The first-order valence-corrected chi connectivity index (χ1v) is 0.655. The van der Waals surface area contributed by atoms with E-state index in [1.165, 1.54) is 0 Å². The van der Waals surface area contributed by atoms with Crippen LogP contribution in [0.4, 0.5) is 13.2 Å². The number of hydrogen-bond donors (Lipinski definition) is 0. The molecule has 0 heterocycles. The van der Waals surface area contributed by atoms with Gasteiger partial charge in [0, 0.05) is 0 Å².